The van der Waals surface area contributed by atoms with E-state index in [1.54, 1.807) is 0 Å². The lowest BCUT2D eigenvalue weighted by atomic mass is 19.0. The topological polar surface area (TPSA) is 0 Å². The minimum atomic E-state index is 0. The van der Waals surface area contributed by atoms with Crippen molar-refractivity contribution in [2.45, 2.75) is 0 Å². The summed E-state index contributed by atoms with van der Waals surface area (Å²) in [5.74, 6) is 0. The third-order valence-electron chi connectivity index (χ3n) is 0. The van der Waals surface area contributed by atoms with Gasteiger partial charge in [-0.2, -0.15) is 0 Å². The summed E-state index contributed by atoms with van der Waals surface area (Å²) >= 11 is 0. The highest BCUT2D eigenvalue weighted by atomic mass is 28.1. The molecule has 0 saturated heterocycles. The van der Waals surface area contributed by atoms with Crippen molar-refractivity contribution in [2.75, 3.05) is 0 Å². The second kappa shape index (κ2) is 8520. The van der Waals surface area contributed by atoms with Crippen LogP contribution in [0.3, 0.4) is 0 Å². The third kappa shape index (κ3) is 3710. The van der Waals surface area contributed by atoms with Crippen LogP contribution in [0.15, 0.2) is 0 Å². The quantitative estimate of drug-likeness (QED) is 0.211. The average molecular weight is 104 g/mol. The number of rotatable bonds is 0. The summed E-state index contributed by atoms with van der Waals surface area (Å²) in [4.78, 5) is 0. The lowest BCUT2D eigenvalue weighted by Gasteiger charge is -1.00. The fraction of sp³-hybridized carbons (Fsp3) is 0. The van der Waals surface area contributed by atoms with Crippen molar-refractivity contribution in [3.63, 3.8) is 0 Å². The highest BCUT2D eigenvalue weighted by Crippen LogP contribution is -0.381. The van der Waals surface area contributed by atoms with Crippen LogP contribution in [-0.4, -0.2) is 11.0 Å². The van der Waals surface area contributed by atoms with Gasteiger partial charge in [-0.1, -0.05) is 0 Å². The molecule has 0 aromatic carbocycles. The first kappa shape index (κ1) is 19200. The summed E-state index contributed by atoms with van der Waals surface area (Å²) in [5.41, 5.74) is 0. The minimum Gasteiger partial charge on any atom is -1.00 e. The molecule has 0 heterocycles. The van der Waals surface area contributed by atoms with E-state index >= 15 is 0 Å². The fourth-order valence-corrected chi connectivity index (χ4v) is 0. The summed E-state index contributed by atoms with van der Waals surface area (Å²) in [5, 5.41) is 0. The Kier molecular flexibility index (Phi) is 32700000. The molecule has 0 aromatic rings. The molecule has 0 bridgehead atoms. The molecule has 0 N–H and O–H groups in total. The number of hydrogen-bond donors (Lipinski definition) is 0. The van der Waals surface area contributed by atoms with Crippen LogP contribution < -0.4 is 18.8 Å². The molecule has 5 heavy (non-hydrogen) atoms. The Hall–Kier alpha value is -0.0631. The second-order valence-electron chi connectivity index (χ2n) is 0. The van der Waals surface area contributed by atoms with E-state index in [4.69, 9.17) is 0 Å². The summed E-state index contributed by atoms with van der Waals surface area (Å²) in [7, 11) is 0. The monoisotopic (exact) mass is 104 g/mol. The maximum Gasteiger partial charge on any atom is 0 e. The molecule has 0 fully saturated rings. The predicted octanol–water partition coefficient (Wildman–Crippen LogP) is -12.4. The zero-order valence-corrected chi connectivity index (χ0v) is 3.01. The van der Waals surface area contributed by atoms with E-state index in [1.165, 1.54) is 0 Å². The van der Waals surface area contributed by atoms with Crippen molar-refractivity contribution >= 4 is 11.0 Å². The van der Waals surface area contributed by atoms with E-state index in [0.29, 0.717) is 0 Å². The largest absolute Gasteiger partial charge is 1.00 e. The van der Waals surface area contributed by atoms with Gasteiger partial charge in [0.2, 0.25) is 0 Å². The Morgan fingerprint density at radius 3 is 0.400 bits per heavy atom. The second-order valence-corrected chi connectivity index (χ2v) is 0. The zero-order chi connectivity index (χ0) is 0. The molecule has 5 heteroatoms. The van der Waals surface area contributed by atoms with Gasteiger partial charge in [0, 0.05) is 11.0 Å². The van der Waals surface area contributed by atoms with Crippen molar-refractivity contribution in [3.05, 3.63) is 0 Å². The van der Waals surface area contributed by atoms with E-state index in [0.717, 1.165) is 0 Å². The van der Waals surface area contributed by atoms with Gasteiger partial charge in [-0.05, 0) is 0 Å². The molecule has 0 aromatic heterocycles. The summed E-state index contributed by atoms with van der Waals surface area (Å²) in [6.07, 6.45) is 0. The lowest BCUT2D eigenvalue weighted by molar-refractivity contribution is -0.00100. The van der Waals surface area contributed by atoms with Gasteiger partial charge in [-0.3, -0.25) is 0 Å². The van der Waals surface area contributed by atoms with Crippen molar-refractivity contribution in [2.24, 2.45) is 0 Å². The highest BCUT2D eigenvalue weighted by Gasteiger charge is 0.00000401. The molecular formula is F4Si-4. The Balaban J connectivity index is 0. The van der Waals surface area contributed by atoms with E-state index in [1.807, 2.05) is 0 Å². The normalized spacial score (nSPS) is 0. The van der Waals surface area contributed by atoms with E-state index in [-0.39, 0.29) is 29.8 Å². The SMILES string of the molecule is [F-].[F-].[F-].[F-].[Si]. The summed E-state index contributed by atoms with van der Waals surface area (Å²) in [6.45, 7) is 0. The first-order valence-corrected chi connectivity index (χ1v) is 0. The predicted molar refractivity (Wildman–Crippen MR) is 5.75 cm³/mol. The maximum atomic E-state index is 0. The molecule has 0 aliphatic rings. The van der Waals surface area contributed by atoms with Crippen LogP contribution in [0.1, 0.15) is 0 Å². The molecule has 0 aliphatic carbocycles. The van der Waals surface area contributed by atoms with Gasteiger partial charge in [0.1, 0.15) is 0 Å². The van der Waals surface area contributed by atoms with Crippen LogP contribution >= 0.6 is 0 Å². The van der Waals surface area contributed by atoms with Crippen LogP contribution in [0, 0.1) is 0 Å². The van der Waals surface area contributed by atoms with Crippen LogP contribution in [0.5, 0.6) is 0 Å². The molecule has 0 atom stereocenters. The molecule has 0 unspecified atom stereocenters. The third-order valence-corrected chi connectivity index (χ3v) is 0. The highest BCUT2D eigenvalue weighted by molar-refractivity contribution is 5.75. The Bertz CT molecular complexity index is 3.61. The number of hydrogen-bond acceptors (Lipinski definition) is 0. The minimum absolute atomic E-state index is 0. The summed E-state index contributed by atoms with van der Waals surface area (Å²) in [6, 6.07) is 0. The van der Waals surface area contributed by atoms with Gasteiger partial charge in [0.15, 0.2) is 0 Å². The van der Waals surface area contributed by atoms with Crippen LogP contribution in [-0.2, 0) is 0 Å². The Morgan fingerprint density at radius 2 is 0.400 bits per heavy atom. The first-order valence-electron chi connectivity index (χ1n) is 0. The van der Waals surface area contributed by atoms with Crippen molar-refractivity contribution < 1.29 is 18.8 Å². The van der Waals surface area contributed by atoms with Gasteiger partial charge in [-0.25, -0.2) is 0 Å². The molecule has 0 saturated carbocycles. The summed E-state index contributed by atoms with van der Waals surface area (Å²) < 4.78 is 0. The molecule has 0 rings (SSSR count). The van der Waals surface area contributed by atoms with Gasteiger partial charge in [0.05, 0.1) is 0 Å². The van der Waals surface area contributed by atoms with Crippen molar-refractivity contribution in [3.8, 4) is 0 Å². The van der Waals surface area contributed by atoms with E-state index in [2.05, 4.69) is 0 Å². The molecular weight excluding hydrogens is 104 g/mol. The van der Waals surface area contributed by atoms with Gasteiger partial charge < -0.3 is 18.8 Å². The van der Waals surface area contributed by atoms with Crippen LogP contribution in [0.4, 0.5) is 0 Å². The first-order chi connectivity index (χ1) is 0. The Labute approximate surface area is 31.1 Å². The number of halogens is 4. The smallest absolute Gasteiger partial charge is 0 e. The van der Waals surface area contributed by atoms with Crippen LogP contribution in [0.2, 0.25) is 0 Å². The van der Waals surface area contributed by atoms with Gasteiger partial charge in [0.25, 0.3) is 0 Å². The molecule has 0 aliphatic heterocycles. The molecule has 0 amide bonds. The lowest BCUT2D eigenvalue weighted by Crippen LogP contribution is -3.00. The molecule has 0 nitrogen and oxygen atoms in total. The van der Waals surface area contributed by atoms with Gasteiger partial charge >= 0.3 is 0 Å². The standard InChI is InChI=1S/4FH.Si/h4*1H;/p-4. The van der Waals surface area contributed by atoms with Gasteiger partial charge in [-0.15, -0.1) is 0 Å². The van der Waals surface area contributed by atoms with E-state index < -0.39 is 0 Å². The average Bonchev–Trinajstić information content (AvgIpc) is 0. The van der Waals surface area contributed by atoms with Crippen LogP contribution in [0.25, 0.3) is 0 Å². The zero-order valence-electron chi connectivity index (χ0n) is 2.01. The molecule has 4 radical (unpaired) electrons. The van der Waals surface area contributed by atoms with E-state index in [9.17, 15) is 0 Å². The molecule has 0 spiro atoms. The molecule has 36 valence electrons. The maximum absolute atomic E-state index is 0. The Morgan fingerprint density at radius 1 is 0.400 bits per heavy atom. The fourth-order valence-electron chi connectivity index (χ4n) is 0. The van der Waals surface area contributed by atoms with Crippen molar-refractivity contribution in [1.82, 2.24) is 0 Å². The van der Waals surface area contributed by atoms with Crippen molar-refractivity contribution in [1.29, 1.82) is 0 Å².